The average molecular weight is 457 g/mol. The van der Waals surface area contributed by atoms with Crippen LogP contribution in [0.25, 0.3) is 16.4 Å². The highest BCUT2D eigenvalue weighted by Gasteiger charge is 2.19. The van der Waals surface area contributed by atoms with Crippen LogP contribution in [0.2, 0.25) is 0 Å². The number of hydrogen-bond acceptors (Lipinski definition) is 5. The van der Waals surface area contributed by atoms with E-state index >= 15 is 0 Å². The highest BCUT2D eigenvalue weighted by molar-refractivity contribution is 5.84. The van der Waals surface area contributed by atoms with Crippen molar-refractivity contribution in [3.63, 3.8) is 0 Å². The van der Waals surface area contributed by atoms with Crippen LogP contribution >= 0.6 is 0 Å². The van der Waals surface area contributed by atoms with E-state index in [4.69, 9.17) is 14.6 Å². The second kappa shape index (κ2) is 9.49. The van der Waals surface area contributed by atoms with E-state index in [0.29, 0.717) is 12.8 Å². The molecule has 2 aromatic carbocycles. The molecule has 0 fully saturated rings. The smallest absolute Gasteiger partial charge is 0.124 e. The first-order valence-electron chi connectivity index (χ1n) is 11.3. The van der Waals surface area contributed by atoms with Gasteiger partial charge < -0.3 is 24.9 Å². The van der Waals surface area contributed by atoms with Crippen molar-refractivity contribution in [2.45, 2.75) is 18.9 Å². The molecule has 0 bridgehead atoms. The summed E-state index contributed by atoms with van der Waals surface area (Å²) < 4.78 is 12.8. The molecule has 7 heteroatoms. The number of aliphatic hydroxyl groups excluding tert-OH is 1. The minimum atomic E-state index is -0.0998. The summed E-state index contributed by atoms with van der Waals surface area (Å²) in [5.74, 6) is 1.44. The second-order valence-electron chi connectivity index (χ2n) is 8.31. The predicted molar refractivity (Wildman–Crippen MR) is 134 cm³/mol. The second-order valence-corrected chi connectivity index (χ2v) is 8.31. The Morgan fingerprint density at radius 1 is 1.03 bits per heavy atom. The quantitative estimate of drug-likeness (QED) is 0.298. The number of benzene rings is 2. The van der Waals surface area contributed by atoms with Crippen LogP contribution in [0, 0.1) is 0 Å². The Balaban J connectivity index is 1.55. The third kappa shape index (κ3) is 4.43. The molecular weight excluding hydrogens is 428 g/mol. The van der Waals surface area contributed by atoms with E-state index in [2.05, 4.69) is 46.8 Å². The third-order valence-electron chi connectivity index (χ3n) is 6.09. The zero-order valence-electron chi connectivity index (χ0n) is 19.3. The number of methoxy groups -OCH3 is 2. The number of anilines is 1. The molecule has 174 valence electrons. The van der Waals surface area contributed by atoms with Gasteiger partial charge in [0.2, 0.25) is 0 Å². The van der Waals surface area contributed by atoms with Gasteiger partial charge in [-0.05, 0) is 47.9 Å². The van der Waals surface area contributed by atoms with Crippen LogP contribution in [0.5, 0.6) is 11.5 Å². The molecular formula is C27H28N4O3. The van der Waals surface area contributed by atoms with Crippen molar-refractivity contribution in [2.75, 3.05) is 26.1 Å². The Labute approximate surface area is 198 Å². The average Bonchev–Trinajstić information content (AvgIpc) is 3.47. The molecule has 3 heterocycles. The Kier molecular flexibility index (Phi) is 6.10. The van der Waals surface area contributed by atoms with Gasteiger partial charge in [-0.3, -0.25) is 0 Å². The van der Waals surface area contributed by atoms with Gasteiger partial charge in [-0.2, -0.15) is 5.10 Å². The maximum atomic E-state index is 9.38. The van der Waals surface area contributed by atoms with Crippen molar-refractivity contribution in [1.82, 2.24) is 14.6 Å². The minimum absolute atomic E-state index is 0.0998. The van der Waals surface area contributed by atoms with E-state index in [0.717, 1.165) is 44.9 Å². The van der Waals surface area contributed by atoms with Crippen LogP contribution in [0.1, 0.15) is 22.9 Å². The SMILES string of the molecule is COc1cc(NC(Cc2c[nH]c3ccc(CCO)cc23)c2cc3ccccn3n2)cc(OC)c1. The van der Waals surface area contributed by atoms with Gasteiger partial charge in [0, 0.05) is 60.2 Å². The number of fused-ring (bicyclic) bond motifs is 2. The van der Waals surface area contributed by atoms with Crippen LogP contribution in [0.15, 0.2) is 73.1 Å². The number of aromatic amines is 1. The van der Waals surface area contributed by atoms with Gasteiger partial charge in [0.25, 0.3) is 0 Å². The van der Waals surface area contributed by atoms with Gasteiger partial charge >= 0.3 is 0 Å². The summed E-state index contributed by atoms with van der Waals surface area (Å²) in [6.07, 6.45) is 5.37. The standard InChI is InChI=1S/C27H28N4O3/c1-33-22-13-20(14-23(16-22)34-2)29-26(27-15-21-5-3-4-9-31(21)30-27)12-19-17-28-25-7-6-18(8-10-32)11-24(19)25/h3-7,9,11,13-17,26,28-29,32H,8,10,12H2,1-2H3. The highest BCUT2D eigenvalue weighted by Crippen LogP contribution is 2.32. The van der Waals surface area contributed by atoms with Gasteiger partial charge in [-0.25, -0.2) is 4.52 Å². The zero-order valence-corrected chi connectivity index (χ0v) is 19.3. The molecule has 0 amide bonds. The van der Waals surface area contributed by atoms with Crippen molar-refractivity contribution >= 4 is 22.1 Å². The fraction of sp³-hybridized carbons (Fsp3) is 0.222. The lowest BCUT2D eigenvalue weighted by Gasteiger charge is -2.19. The molecule has 0 aliphatic carbocycles. The summed E-state index contributed by atoms with van der Waals surface area (Å²) in [7, 11) is 3.29. The third-order valence-corrected chi connectivity index (χ3v) is 6.09. The van der Waals surface area contributed by atoms with Crippen molar-refractivity contribution in [3.8, 4) is 11.5 Å². The molecule has 7 nitrogen and oxygen atoms in total. The Morgan fingerprint density at radius 3 is 2.59 bits per heavy atom. The van der Waals surface area contributed by atoms with Crippen LogP contribution in [0.3, 0.4) is 0 Å². The normalized spacial score (nSPS) is 12.2. The van der Waals surface area contributed by atoms with Crippen molar-refractivity contribution < 1.29 is 14.6 Å². The zero-order chi connectivity index (χ0) is 23.5. The summed E-state index contributed by atoms with van der Waals surface area (Å²) in [6, 6.07) is 20.1. The maximum Gasteiger partial charge on any atom is 0.124 e. The fourth-order valence-electron chi connectivity index (χ4n) is 4.35. The van der Waals surface area contributed by atoms with Crippen molar-refractivity contribution in [1.29, 1.82) is 0 Å². The lowest BCUT2D eigenvalue weighted by Crippen LogP contribution is -2.14. The Hall–Kier alpha value is -3.97. The number of nitrogens with zero attached hydrogens (tertiary/aromatic N) is 2. The molecule has 0 saturated carbocycles. The molecule has 5 aromatic rings. The number of ether oxygens (including phenoxy) is 2. The lowest BCUT2D eigenvalue weighted by atomic mass is 10.00. The molecule has 0 spiro atoms. The number of nitrogens with one attached hydrogen (secondary N) is 2. The number of pyridine rings is 1. The topological polar surface area (TPSA) is 83.8 Å². The first kappa shape index (κ1) is 21.9. The summed E-state index contributed by atoms with van der Waals surface area (Å²) in [5, 5.41) is 19.0. The van der Waals surface area contributed by atoms with E-state index in [1.54, 1.807) is 14.2 Å². The minimum Gasteiger partial charge on any atom is -0.497 e. The molecule has 3 aromatic heterocycles. The van der Waals surface area contributed by atoms with Crippen LogP contribution < -0.4 is 14.8 Å². The summed E-state index contributed by atoms with van der Waals surface area (Å²) in [6.45, 7) is 0.133. The van der Waals surface area contributed by atoms with Gasteiger partial charge in [-0.15, -0.1) is 0 Å². The first-order chi connectivity index (χ1) is 16.7. The predicted octanol–water partition coefficient (Wildman–Crippen LogP) is 4.76. The first-order valence-corrected chi connectivity index (χ1v) is 11.3. The van der Waals surface area contributed by atoms with Crippen LogP contribution in [-0.2, 0) is 12.8 Å². The molecule has 0 radical (unpaired) electrons. The van der Waals surface area contributed by atoms with Gasteiger partial charge in [0.15, 0.2) is 0 Å². The molecule has 1 unspecified atom stereocenters. The monoisotopic (exact) mass is 456 g/mol. The van der Waals surface area contributed by atoms with Gasteiger partial charge in [0.05, 0.1) is 31.5 Å². The molecule has 34 heavy (non-hydrogen) atoms. The number of aromatic nitrogens is 3. The lowest BCUT2D eigenvalue weighted by molar-refractivity contribution is 0.299. The summed E-state index contributed by atoms with van der Waals surface area (Å²) in [5.41, 5.74) is 6.24. The van der Waals surface area contributed by atoms with Crippen LogP contribution in [-0.4, -0.2) is 40.5 Å². The number of rotatable bonds is 9. The van der Waals surface area contributed by atoms with E-state index in [9.17, 15) is 5.11 Å². The fourth-order valence-corrected chi connectivity index (χ4v) is 4.35. The van der Waals surface area contributed by atoms with Crippen LogP contribution in [0.4, 0.5) is 5.69 Å². The summed E-state index contributed by atoms with van der Waals surface area (Å²) in [4.78, 5) is 3.39. The van der Waals surface area contributed by atoms with Gasteiger partial charge in [-0.1, -0.05) is 12.1 Å². The van der Waals surface area contributed by atoms with Crippen molar-refractivity contribution in [3.05, 3.63) is 89.9 Å². The highest BCUT2D eigenvalue weighted by atomic mass is 16.5. The summed E-state index contributed by atoms with van der Waals surface area (Å²) >= 11 is 0. The molecule has 0 aliphatic rings. The molecule has 1 atom stereocenters. The largest absolute Gasteiger partial charge is 0.497 e. The number of hydrogen-bond donors (Lipinski definition) is 3. The number of aliphatic hydroxyl groups is 1. The maximum absolute atomic E-state index is 9.38. The van der Waals surface area contributed by atoms with Crippen molar-refractivity contribution in [2.24, 2.45) is 0 Å². The van der Waals surface area contributed by atoms with E-state index in [1.165, 1.54) is 5.56 Å². The molecule has 0 aliphatic heterocycles. The molecule has 0 saturated heterocycles. The van der Waals surface area contributed by atoms with E-state index < -0.39 is 0 Å². The molecule has 3 N–H and O–H groups in total. The van der Waals surface area contributed by atoms with Gasteiger partial charge in [0.1, 0.15) is 11.5 Å². The molecule has 5 rings (SSSR count). The van der Waals surface area contributed by atoms with E-state index in [1.807, 2.05) is 41.0 Å². The Morgan fingerprint density at radius 2 is 1.85 bits per heavy atom. The number of H-pyrrole nitrogens is 1. The Bertz CT molecular complexity index is 1370. The van der Waals surface area contributed by atoms with E-state index in [-0.39, 0.29) is 12.6 Å².